The zero-order chi connectivity index (χ0) is 28.1. The first-order chi connectivity index (χ1) is 17.7. The van der Waals surface area contributed by atoms with E-state index in [4.69, 9.17) is 14.2 Å². The van der Waals surface area contributed by atoms with Crippen molar-refractivity contribution < 1.29 is 28.6 Å². The van der Waals surface area contributed by atoms with E-state index in [0.717, 1.165) is 43.5 Å². The number of rotatable bonds is 7. The molecule has 1 unspecified atom stereocenters. The Bertz CT molecular complexity index is 958. The minimum absolute atomic E-state index is 0.0936. The maximum atomic E-state index is 13.0. The van der Waals surface area contributed by atoms with Gasteiger partial charge in [-0.3, -0.25) is 9.69 Å². The van der Waals surface area contributed by atoms with Crippen LogP contribution in [0.15, 0.2) is 24.3 Å². The summed E-state index contributed by atoms with van der Waals surface area (Å²) in [5, 5.41) is 2.66. The topological polar surface area (TPSA) is 97.4 Å². The van der Waals surface area contributed by atoms with Crippen LogP contribution in [0.5, 0.6) is 0 Å². The largest absolute Gasteiger partial charge is 0.458 e. The van der Waals surface area contributed by atoms with Crippen molar-refractivity contribution >= 4 is 23.7 Å². The van der Waals surface area contributed by atoms with Crippen molar-refractivity contribution in [2.24, 2.45) is 0 Å². The maximum Gasteiger partial charge on any atom is 0.408 e. The summed E-state index contributed by atoms with van der Waals surface area (Å²) in [4.78, 5) is 42.4. The van der Waals surface area contributed by atoms with Crippen molar-refractivity contribution in [2.75, 3.05) is 31.6 Å². The van der Waals surface area contributed by atoms with Gasteiger partial charge in [0.15, 0.2) is 0 Å². The van der Waals surface area contributed by atoms with E-state index in [2.05, 4.69) is 10.2 Å². The first kappa shape index (κ1) is 29.9. The summed E-state index contributed by atoms with van der Waals surface area (Å²) in [6.07, 6.45) is 4.13. The lowest BCUT2D eigenvalue weighted by molar-refractivity contribution is -0.157. The lowest BCUT2D eigenvalue weighted by Gasteiger charge is -2.41. The monoisotopic (exact) mass is 531 g/mol. The Kier molecular flexibility index (Phi) is 9.81. The molecule has 3 rings (SSSR count). The highest BCUT2D eigenvalue weighted by Crippen LogP contribution is 2.27. The molecule has 0 bridgehead atoms. The number of carbonyl (C=O) groups excluding carboxylic acids is 3. The van der Waals surface area contributed by atoms with E-state index in [1.165, 1.54) is 0 Å². The lowest BCUT2D eigenvalue weighted by Crippen LogP contribution is -2.54. The number of hydrogen-bond acceptors (Lipinski definition) is 7. The van der Waals surface area contributed by atoms with E-state index in [9.17, 15) is 14.4 Å². The molecule has 1 atom stereocenters. The predicted molar refractivity (Wildman–Crippen MR) is 146 cm³/mol. The van der Waals surface area contributed by atoms with Gasteiger partial charge in [0.2, 0.25) is 5.91 Å². The van der Waals surface area contributed by atoms with Gasteiger partial charge in [-0.1, -0.05) is 12.1 Å². The zero-order valence-corrected chi connectivity index (χ0v) is 24.0. The molecule has 9 nitrogen and oxygen atoms in total. The molecular formula is C29H45N3O6. The zero-order valence-electron chi connectivity index (χ0n) is 24.0. The Labute approximate surface area is 227 Å². The van der Waals surface area contributed by atoms with Crippen LogP contribution in [0, 0.1) is 0 Å². The summed E-state index contributed by atoms with van der Waals surface area (Å²) in [6, 6.07) is 7.09. The Morgan fingerprint density at radius 3 is 2.08 bits per heavy atom. The van der Waals surface area contributed by atoms with Crippen LogP contribution in [-0.4, -0.2) is 79.0 Å². The van der Waals surface area contributed by atoms with E-state index < -0.39 is 29.3 Å². The molecular weight excluding hydrogens is 486 g/mol. The van der Waals surface area contributed by atoms with Crippen LogP contribution in [0.3, 0.4) is 0 Å². The summed E-state index contributed by atoms with van der Waals surface area (Å²) in [5.74, 6) is -0.436. The number of nitrogens with zero attached hydrogens (tertiary/aromatic N) is 2. The van der Waals surface area contributed by atoms with E-state index in [1.54, 1.807) is 48.7 Å². The van der Waals surface area contributed by atoms with Gasteiger partial charge in [-0.05, 0) is 84.9 Å². The van der Waals surface area contributed by atoms with Crippen molar-refractivity contribution in [1.82, 2.24) is 10.2 Å². The first-order valence-corrected chi connectivity index (χ1v) is 13.6. The molecule has 9 heteroatoms. The average Bonchev–Trinajstić information content (AvgIpc) is 2.82. The van der Waals surface area contributed by atoms with Gasteiger partial charge in [-0.2, -0.15) is 0 Å². The first-order valence-electron chi connectivity index (χ1n) is 13.6. The summed E-state index contributed by atoms with van der Waals surface area (Å²) in [6.45, 7) is 12.6. The molecule has 0 radical (unpaired) electrons. The van der Waals surface area contributed by atoms with E-state index in [1.807, 2.05) is 29.2 Å². The fourth-order valence-electron chi connectivity index (χ4n) is 4.99. The lowest BCUT2D eigenvalue weighted by atomic mass is 9.91. The van der Waals surface area contributed by atoms with Gasteiger partial charge in [0.1, 0.15) is 17.2 Å². The molecule has 1 saturated carbocycles. The van der Waals surface area contributed by atoms with Crippen LogP contribution in [0.25, 0.3) is 0 Å². The molecule has 2 fully saturated rings. The van der Waals surface area contributed by atoms with Gasteiger partial charge in [-0.15, -0.1) is 0 Å². The second kappa shape index (κ2) is 12.5. The van der Waals surface area contributed by atoms with Crippen LogP contribution in [0.4, 0.5) is 10.5 Å². The number of piperazine rings is 1. The molecule has 1 N–H and O–H groups in total. The summed E-state index contributed by atoms with van der Waals surface area (Å²) >= 11 is 0. The Hall–Kier alpha value is -2.65. The van der Waals surface area contributed by atoms with E-state index in [-0.39, 0.29) is 12.3 Å². The Morgan fingerprint density at radius 1 is 0.947 bits per heavy atom. The fourth-order valence-corrected chi connectivity index (χ4v) is 4.99. The highest BCUT2D eigenvalue weighted by molar-refractivity contribution is 5.95. The maximum absolute atomic E-state index is 13.0. The third-order valence-corrected chi connectivity index (χ3v) is 6.81. The van der Waals surface area contributed by atoms with Gasteiger partial charge in [0.05, 0.1) is 12.6 Å². The SMILES string of the molecule is COC1CCC(N2CCN(c3ccc(CC(NC(=O)OC(C)(C)C)C(=O)OC(C)(C)C)cc3)C(=O)C2)CC1. The molecule has 212 valence electrons. The van der Waals surface area contributed by atoms with E-state index >= 15 is 0 Å². The quantitative estimate of drug-likeness (QED) is 0.530. The number of carbonyl (C=O) groups is 3. The minimum Gasteiger partial charge on any atom is -0.458 e. The average molecular weight is 532 g/mol. The molecule has 1 saturated heterocycles. The molecule has 1 heterocycles. The third-order valence-electron chi connectivity index (χ3n) is 6.81. The number of esters is 1. The number of hydrogen-bond donors (Lipinski definition) is 1. The van der Waals surface area contributed by atoms with Crippen molar-refractivity contribution in [1.29, 1.82) is 0 Å². The van der Waals surface area contributed by atoms with Crippen LogP contribution < -0.4 is 10.2 Å². The molecule has 0 spiro atoms. The number of alkyl carbamates (subject to hydrolysis) is 1. The van der Waals surface area contributed by atoms with Gasteiger partial charge < -0.3 is 24.4 Å². The summed E-state index contributed by atoms with van der Waals surface area (Å²) in [5.41, 5.74) is 0.280. The van der Waals surface area contributed by atoms with Crippen LogP contribution in [0.2, 0.25) is 0 Å². The van der Waals surface area contributed by atoms with E-state index in [0.29, 0.717) is 25.2 Å². The molecule has 1 aliphatic carbocycles. The second-order valence-electron chi connectivity index (χ2n) is 12.3. The molecule has 2 aliphatic rings. The summed E-state index contributed by atoms with van der Waals surface area (Å²) < 4.78 is 16.4. The number of ether oxygens (including phenoxy) is 3. The van der Waals surface area contributed by atoms with Gasteiger partial charge in [-0.25, -0.2) is 9.59 Å². The number of benzene rings is 1. The molecule has 38 heavy (non-hydrogen) atoms. The van der Waals surface area contributed by atoms with Crippen LogP contribution in [-0.2, 0) is 30.2 Å². The van der Waals surface area contributed by atoms with Crippen LogP contribution >= 0.6 is 0 Å². The van der Waals surface area contributed by atoms with Gasteiger partial charge >= 0.3 is 12.1 Å². The molecule has 1 aliphatic heterocycles. The minimum atomic E-state index is -0.909. The number of nitrogens with one attached hydrogen (secondary N) is 1. The third kappa shape index (κ3) is 8.98. The highest BCUT2D eigenvalue weighted by Gasteiger charge is 2.33. The van der Waals surface area contributed by atoms with Crippen molar-refractivity contribution in [3.63, 3.8) is 0 Å². The number of anilines is 1. The molecule has 1 aromatic carbocycles. The normalized spacial score (nSPS) is 22.1. The predicted octanol–water partition coefficient (Wildman–Crippen LogP) is 4.07. The smallest absolute Gasteiger partial charge is 0.408 e. The molecule has 0 aromatic heterocycles. The highest BCUT2D eigenvalue weighted by atomic mass is 16.6. The van der Waals surface area contributed by atoms with Crippen molar-refractivity contribution in [2.45, 2.75) is 103 Å². The van der Waals surface area contributed by atoms with Crippen LogP contribution in [0.1, 0.15) is 72.8 Å². The molecule has 1 aromatic rings. The Morgan fingerprint density at radius 2 is 1.55 bits per heavy atom. The van der Waals surface area contributed by atoms with Crippen molar-refractivity contribution in [3.05, 3.63) is 29.8 Å². The number of methoxy groups -OCH3 is 1. The fraction of sp³-hybridized carbons (Fsp3) is 0.690. The summed E-state index contributed by atoms with van der Waals surface area (Å²) in [7, 11) is 1.77. The Balaban J connectivity index is 1.62. The standard InChI is InChI=1S/C29H45N3O6/c1-28(2,3)37-26(34)24(30-27(35)38-29(4,5)6)18-20-8-10-22(11-9-20)32-17-16-31(19-25(32)33)21-12-14-23(36-7)15-13-21/h8-11,21,23-24H,12-19H2,1-7H3,(H,30,35). The number of amides is 2. The van der Waals surface area contributed by atoms with Gasteiger partial charge in [0.25, 0.3) is 0 Å². The van der Waals surface area contributed by atoms with Crippen molar-refractivity contribution in [3.8, 4) is 0 Å². The molecule has 2 amide bonds. The second-order valence-corrected chi connectivity index (χ2v) is 12.3. The van der Waals surface area contributed by atoms with Gasteiger partial charge in [0, 0.05) is 38.3 Å².